The maximum absolute atomic E-state index is 12.2. The van der Waals surface area contributed by atoms with Gasteiger partial charge in [0.15, 0.2) is 9.84 Å². The monoisotopic (exact) mass is 491 g/mol. The van der Waals surface area contributed by atoms with Gasteiger partial charge >= 0.3 is 18.0 Å². The van der Waals surface area contributed by atoms with Crippen molar-refractivity contribution in [2.75, 3.05) is 39.5 Å². The third-order valence-corrected chi connectivity index (χ3v) is 5.84. The zero-order valence-electron chi connectivity index (χ0n) is 18.5. The highest BCUT2D eigenvalue weighted by molar-refractivity contribution is 7.91. The minimum atomic E-state index is -3.44. The number of carbonyl (C=O) groups is 3. The Morgan fingerprint density at radius 2 is 1.53 bits per heavy atom. The molecule has 0 atom stereocenters. The molecule has 0 unspecified atom stereocenters. The van der Waals surface area contributed by atoms with Gasteiger partial charge in [0.2, 0.25) is 0 Å². The van der Waals surface area contributed by atoms with E-state index in [2.05, 4.69) is 5.32 Å². The Bertz CT molecular complexity index is 869. The summed E-state index contributed by atoms with van der Waals surface area (Å²) in [6.07, 6.45) is 1.12. The Labute approximate surface area is 193 Å². The van der Waals surface area contributed by atoms with Crippen molar-refractivity contribution < 1.29 is 33.0 Å². The van der Waals surface area contributed by atoms with Gasteiger partial charge in [0.05, 0.1) is 10.6 Å². The summed E-state index contributed by atoms with van der Waals surface area (Å²) >= 11 is 5.76. The van der Waals surface area contributed by atoms with E-state index in [4.69, 9.17) is 21.8 Å². The molecule has 0 aliphatic rings. The molecule has 0 aromatic heterocycles. The number of benzene rings is 1. The number of aliphatic carboxylic acids is 2. The third kappa shape index (κ3) is 12.9. The number of likely N-dealkylation sites (N-methyl/N-ethyl adjacent to an activating group) is 1. The third-order valence-electron chi connectivity index (χ3n) is 3.86. The van der Waals surface area contributed by atoms with E-state index in [1.807, 2.05) is 32.8 Å². The molecule has 0 aliphatic carbocycles. The number of amides is 2. The molecule has 3 N–H and O–H groups in total. The Morgan fingerprint density at radius 1 is 1.03 bits per heavy atom. The van der Waals surface area contributed by atoms with Crippen molar-refractivity contribution in [3.05, 3.63) is 41.4 Å². The predicted octanol–water partition coefficient (Wildman–Crippen LogP) is 1.81. The molecule has 0 aliphatic heterocycles. The first kappa shape index (κ1) is 29.4. The maximum Gasteiger partial charge on any atom is 0.328 e. The lowest BCUT2D eigenvalue weighted by atomic mass is 10.3. The van der Waals surface area contributed by atoms with Gasteiger partial charge in [0.25, 0.3) is 0 Å². The van der Waals surface area contributed by atoms with E-state index in [9.17, 15) is 22.8 Å². The van der Waals surface area contributed by atoms with E-state index in [-0.39, 0.29) is 29.3 Å². The average Bonchev–Trinajstić information content (AvgIpc) is 2.66. The van der Waals surface area contributed by atoms with Crippen LogP contribution in [-0.4, -0.2) is 91.9 Å². The van der Waals surface area contributed by atoms with Crippen LogP contribution in [-0.2, 0) is 19.4 Å². The standard InChI is InChI=1S/C16H26ClN3O3S.C4H4O4/c1-13(2)20(11-10-19(3)4)16(21)18-9-12-24(22,23)15-7-5-14(17)6-8-15;5-3(6)1-2-4(7)8/h5-8,13H,9-12H2,1-4H3,(H,18,21);1-2H,(H,5,6)(H,7,8). The quantitative estimate of drug-likeness (QED) is 0.420. The molecule has 10 nitrogen and oxygen atoms in total. The van der Waals surface area contributed by atoms with Crippen molar-refractivity contribution >= 4 is 39.4 Å². The van der Waals surface area contributed by atoms with Crippen LogP contribution in [0.15, 0.2) is 41.3 Å². The fourth-order valence-electron chi connectivity index (χ4n) is 2.20. The second kappa shape index (κ2) is 14.4. The molecule has 0 fully saturated rings. The number of sulfone groups is 1. The van der Waals surface area contributed by atoms with Gasteiger partial charge in [-0.25, -0.2) is 22.8 Å². The molecule has 2 amide bonds. The Morgan fingerprint density at radius 3 is 1.94 bits per heavy atom. The highest BCUT2D eigenvalue weighted by Gasteiger charge is 2.19. The Kier molecular flexibility index (Phi) is 13.2. The Balaban J connectivity index is 0.00000102. The summed E-state index contributed by atoms with van der Waals surface area (Å²) in [7, 11) is 0.435. The molecule has 0 spiro atoms. The van der Waals surface area contributed by atoms with Crippen molar-refractivity contribution in [1.82, 2.24) is 15.1 Å². The molecule has 1 aromatic rings. The minimum absolute atomic E-state index is 0.0397. The molecule has 0 saturated heterocycles. The highest BCUT2D eigenvalue weighted by Crippen LogP contribution is 2.15. The number of nitrogens with zero attached hydrogens (tertiary/aromatic N) is 2. The summed E-state index contributed by atoms with van der Waals surface area (Å²) in [6.45, 7) is 5.25. The topological polar surface area (TPSA) is 144 Å². The first-order chi connectivity index (χ1) is 14.8. The fraction of sp³-hybridized carbons (Fsp3) is 0.450. The Hall–Kier alpha value is -2.63. The lowest BCUT2D eigenvalue weighted by molar-refractivity contribution is -0.134. The van der Waals surface area contributed by atoms with E-state index in [0.717, 1.165) is 6.54 Å². The summed E-state index contributed by atoms with van der Waals surface area (Å²) in [5, 5.41) is 18.8. The maximum atomic E-state index is 12.2. The molecule has 1 rings (SSSR count). The van der Waals surface area contributed by atoms with Crippen molar-refractivity contribution in [2.45, 2.75) is 24.8 Å². The number of hydrogen-bond acceptors (Lipinski definition) is 6. The molecule has 0 bridgehead atoms. The van der Waals surface area contributed by atoms with Crippen LogP contribution in [0.25, 0.3) is 0 Å². The van der Waals surface area contributed by atoms with Crippen LogP contribution in [0.4, 0.5) is 4.79 Å². The van der Waals surface area contributed by atoms with Gasteiger partial charge in [-0.15, -0.1) is 0 Å². The van der Waals surface area contributed by atoms with Gasteiger partial charge in [-0.05, 0) is 52.2 Å². The molecule has 0 saturated carbocycles. The van der Waals surface area contributed by atoms with Crippen LogP contribution in [0.3, 0.4) is 0 Å². The number of nitrogens with one attached hydrogen (secondary N) is 1. The number of hydrogen-bond donors (Lipinski definition) is 3. The number of carboxylic acid groups (broad SMARTS) is 2. The first-order valence-corrected chi connectivity index (χ1v) is 11.6. The van der Waals surface area contributed by atoms with Crippen molar-refractivity contribution in [2.24, 2.45) is 0 Å². The van der Waals surface area contributed by atoms with E-state index in [0.29, 0.717) is 23.7 Å². The number of halogens is 1. The number of carboxylic acids is 2. The van der Waals surface area contributed by atoms with Gasteiger partial charge in [-0.2, -0.15) is 0 Å². The molecule has 0 heterocycles. The van der Waals surface area contributed by atoms with Crippen LogP contribution in [0.1, 0.15) is 13.8 Å². The normalized spacial score (nSPS) is 11.2. The van der Waals surface area contributed by atoms with E-state index in [1.54, 1.807) is 4.90 Å². The zero-order valence-corrected chi connectivity index (χ0v) is 20.1. The molecule has 12 heteroatoms. The summed E-state index contributed by atoms with van der Waals surface area (Å²) in [5.41, 5.74) is 0. The van der Waals surface area contributed by atoms with Crippen molar-refractivity contribution in [1.29, 1.82) is 0 Å². The van der Waals surface area contributed by atoms with Gasteiger partial charge in [0.1, 0.15) is 0 Å². The molecule has 0 radical (unpaired) electrons. The number of urea groups is 1. The lowest BCUT2D eigenvalue weighted by Gasteiger charge is -2.28. The summed E-state index contributed by atoms with van der Waals surface area (Å²) in [6, 6.07) is 5.80. The molecule has 1 aromatic carbocycles. The smallest absolute Gasteiger partial charge is 0.328 e. The predicted molar refractivity (Wildman–Crippen MR) is 122 cm³/mol. The van der Waals surface area contributed by atoms with E-state index < -0.39 is 21.8 Å². The summed E-state index contributed by atoms with van der Waals surface area (Å²) in [4.78, 5) is 35.2. The second-order valence-corrected chi connectivity index (χ2v) is 9.65. The van der Waals surface area contributed by atoms with Crippen molar-refractivity contribution in [3.8, 4) is 0 Å². The van der Waals surface area contributed by atoms with Crippen LogP contribution in [0, 0.1) is 0 Å². The zero-order chi connectivity index (χ0) is 24.9. The van der Waals surface area contributed by atoms with Crippen LogP contribution < -0.4 is 5.32 Å². The molecular formula is C20H30ClN3O7S. The molecule has 32 heavy (non-hydrogen) atoms. The van der Waals surface area contributed by atoms with Crippen LogP contribution >= 0.6 is 11.6 Å². The van der Waals surface area contributed by atoms with Crippen LogP contribution in [0.5, 0.6) is 0 Å². The molecular weight excluding hydrogens is 462 g/mol. The summed E-state index contributed by atoms with van der Waals surface area (Å²) < 4.78 is 24.5. The largest absolute Gasteiger partial charge is 0.478 e. The van der Waals surface area contributed by atoms with Gasteiger partial charge in [-0.1, -0.05) is 11.6 Å². The highest BCUT2D eigenvalue weighted by atomic mass is 35.5. The summed E-state index contributed by atoms with van der Waals surface area (Å²) in [5.74, 6) is -2.67. The number of rotatable bonds is 10. The van der Waals surface area contributed by atoms with Crippen molar-refractivity contribution in [3.63, 3.8) is 0 Å². The van der Waals surface area contributed by atoms with Gasteiger partial charge < -0.3 is 25.3 Å². The SMILES string of the molecule is CC(C)N(CCN(C)C)C(=O)NCCS(=O)(=O)c1ccc(Cl)cc1.O=C(O)C=CC(=O)O. The van der Waals surface area contributed by atoms with E-state index in [1.165, 1.54) is 24.3 Å². The van der Waals surface area contributed by atoms with Crippen LogP contribution in [0.2, 0.25) is 5.02 Å². The first-order valence-electron chi connectivity index (χ1n) is 9.57. The van der Waals surface area contributed by atoms with Gasteiger partial charge in [0, 0.05) is 42.9 Å². The van der Waals surface area contributed by atoms with E-state index >= 15 is 0 Å². The lowest BCUT2D eigenvalue weighted by Crippen LogP contribution is -2.47. The molecule has 180 valence electrons. The number of carbonyl (C=O) groups excluding carboxylic acids is 1. The second-order valence-electron chi connectivity index (χ2n) is 7.10. The van der Waals surface area contributed by atoms with Gasteiger partial charge in [-0.3, -0.25) is 0 Å². The fourth-order valence-corrected chi connectivity index (χ4v) is 3.48. The minimum Gasteiger partial charge on any atom is -0.478 e. The average molecular weight is 492 g/mol.